The van der Waals surface area contributed by atoms with Gasteiger partial charge in [-0.3, -0.25) is 0 Å². The molecule has 0 aliphatic rings. The molecule has 0 aliphatic heterocycles. The van der Waals surface area contributed by atoms with Gasteiger partial charge in [-0.25, -0.2) is 4.98 Å². The molecule has 0 fully saturated rings. The highest BCUT2D eigenvalue weighted by atomic mass is 19.4. The Hall–Kier alpha value is -1.53. The van der Waals surface area contributed by atoms with Crippen molar-refractivity contribution in [2.24, 2.45) is 0 Å². The van der Waals surface area contributed by atoms with Crippen LogP contribution in [0.1, 0.15) is 31.9 Å². The number of nitrogens with zero attached hydrogens (tertiary/aromatic N) is 2. The van der Waals surface area contributed by atoms with Crippen LogP contribution < -0.4 is 10.1 Å². The van der Waals surface area contributed by atoms with Crippen molar-refractivity contribution in [3.63, 3.8) is 0 Å². The van der Waals surface area contributed by atoms with Crippen molar-refractivity contribution >= 4 is 5.95 Å². The molecule has 1 aromatic rings. The summed E-state index contributed by atoms with van der Waals surface area (Å²) in [5.74, 6) is -0.159. The van der Waals surface area contributed by atoms with Crippen LogP contribution in [0.4, 0.5) is 19.1 Å². The summed E-state index contributed by atoms with van der Waals surface area (Å²) in [7, 11) is 1.45. The maximum atomic E-state index is 12.6. The van der Waals surface area contributed by atoms with Crippen molar-refractivity contribution in [2.75, 3.05) is 19.0 Å². The number of anilines is 1. The van der Waals surface area contributed by atoms with Crippen LogP contribution in [0.5, 0.6) is 5.88 Å². The molecule has 0 saturated carbocycles. The zero-order valence-corrected chi connectivity index (χ0v) is 10.3. The molecule has 0 aromatic carbocycles. The first-order chi connectivity index (χ1) is 8.47. The largest absolute Gasteiger partial charge is 0.478 e. The highest BCUT2D eigenvalue weighted by Gasteiger charge is 2.33. The van der Waals surface area contributed by atoms with Crippen LogP contribution in [0, 0.1) is 0 Å². The molecule has 0 unspecified atom stereocenters. The Bertz CT molecular complexity index is 382. The van der Waals surface area contributed by atoms with Gasteiger partial charge in [-0.05, 0) is 6.42 Å². The lowest BCUT2D eigenvalue weighted by atomic mass is 10.3. The minimum absolute atomic E-state index is 0.0576. The summed E-state index contributed by atoms with van der Waals surface area (Å²) in [6, 6.07) is 0.812. The molecule has 0 saturated heterocycles. The Kier molecular flexibility index (Phi) is 5.18. The Labute approximate surface area is 104 Å². The van der Waals surface area contributed by atoms with E-state index in [2.05, 4.69) is 15.3 Å². The molecule has 1 N–H and O–H groups in total. The summed E-state index contributed by atoms with van der Waals surface area (Å²) in [4.78, 5) is 7.16. The first-order valence-corrected chi connectivity index (χ1v) is 5.74. The van der Waals surface area contributed by atoms with Gasteiger partial charge in [0.1, 0.15) is 0 Å². The number of nitrogens with one attached hydrogen (secondary N) is 1. The number of hydrogen-bond acceptors (Lipinski definition) is 4. The monoisotopic (exact) mass is 263 g/mol. The minimum atomic E-state index is -4.50. The summed E-state index contributed by atoms with van der Waals surface area (Å²) in [6.45, 7) is 2.39. The van der Waals surface area contributed by atoms with Crippen molar-refractivity contribution in [3.8, 4) is 5.88 Å². The molecule has 0 atom stereocenters. The molecule has 0 aliphatic carbocycles. The van der Waals surface area contributed by atoms with Gasteiger partial charge in [-0.2, -0.15) is 18.2 Å². The van der Waals surface area contributed by atoms with Crippen molar-refractivity contribution in [1.29, 1.82) is 0 Å². The van der Waals surface area contributed by atoms with E-state index in [0.717, 1.165) is 25.3 Å². The normalized spacial score (nSPS) is 11.4. The number of rotatable bonds is 6. The molecule has 102 valence electrons. The smallest absolute Gasteiger partial charge is 0.433 e. The zero-order chi connectivity index (χ0) is 13.6. The van der Waals surface area contributed by atoms with E-state index in [1.807, 2.05) is 6.92 Å². The maximum absolute atomic E-state index is 12.6. The van der Waals surface area contributed by atoms with Crippen LogP contribution in [0.3, 0.4) is 0 Å². The second-order valence-electron chi connectivity index (χ2n) is 3.72. The second-order valence-corrected chi connectivity index (χ2v) is 3.72. The first kappa shape index (κ1) is 14.5. The molecular formula is C11H16F3N3O. The first-order valence-electron chi connectivity index (χ1n) is 5.74. The lowest BCUT2D eigenvalue weighted by Gasteiger charge is -2.10. The topological polar surface area (TPSA) is 47.0 Å². The molecule has 0 radical (unpaired) electrons. The number of unbranched alkanes of at least 4 members (excludes halogenated alkanes) is 2. The van der Waals surface area contributed by atoms with Crippen LogP contribution in [0.15, 0.2) is 6.07 Å². The molecule has 18 heavy (non-hydrogen) atoms. The summed E-state index contributed by atoms with van der Waals surface area (Å²) >= 11 is 0. The van der Waals surface area contributed by atoms with Gasteiger partial charge in [0.2, 0.25) is 11.8 Å². The fourth-order valence-electron chi connectivity index (χ4n) is 1.28. The highest BCUT2D eigenvalue weighted by Crippen LogP contribution is 2.30. The Morgan fingerprint density at radius 3 is 2.56 bits per heavy atom. The van der Waals surface area contributed by atoms with Gasteiger partial charge in [-0.15, -0.1) is 0 Å². The predicted octanol–water partition coefficient (Wildman–Crippen LogP) is 3.11. The Balaban J connectivity index is 2.78. The molecule has 1 rings (SSSR count). The highest BCUT2D eigenvalue weighted by molar-refractivity contribution is 5.31. The quantitative estimate of drug-likeness (QED) is 0.801. The van der Waals surface area contributed by atoms with E-state index < -0.39 is 11.9 Å². The lowest BCUT2D eigenvalue weighted by Crippen LogP contribution is -2.12. The van der Waals surface area contributed by atoms with Gasteiger partial charge in [0.05, 0.1) is 6.61 Å². The summed E-state index contributed by atoms with van der Waals surface area (Å²) < 4.78 is 42.9. The third kappa shape index (κ3) is 4.38. The van der Waals surface area contributed by atoms with Crippen LogP contribution in [-0.4, -0.2) is 23.6 Å². The molecule has 7 heteroatoms. The maximum Gasteiger partial charge on any atom is 0.433 e. The molecule has 0 spiro atoms. The van der Waals surface area contributed by atoms with E-state index in [4.69, 9.17) is 4.74 Å². The number of ether oxygens (including phenoxy) is 1. The average molecular weight is 263 g/mol. The van der Waals surface area contributed by atoms with E-state index in [-0.39, 0.29) is 11.8 Å². The summed E-state index contributed by atoms with van der Waals surface area (Å²) in [5.41, 5.74) is -1.01. The van der Waals surface area contributed by atoms with E-state index in [9.17, 15) is 13.2 Å². The summed E-state index contributed by atoms with van der Waals surface area (Å²) in [5, 5.41) is 2.48. The van der Waals surface area contributed by atoms with Gasteiger partial charge in [0.15, 0.2) is 5.69 Å². The van der Waals surface area contributed by atoms with Gasteiger partial charge < -0.3 is 10.1 Å². The van der Waals surface area contributed by atoms with E-state index in [1.54, 1.807) is 0 Å². The molecule has 1 aromatic heterocycles. The van der Waals surface area contributed by atoms with Crippen molar-refractivity contribution in [2.45, 2.75) is 32.4 Å². The molecular weight excluding hydrogens is 247 g/mol. The summed E-state index contributed by atoms with van der Waals surface area (Å²) in [6.07, 6.45) is -1.73. The Morgan fingerprint density at radius 1 is 1.28 bits per heavy atom. The number of alkyl halides is 3. The average Bonchev–Trinajstić information content (AvgIpc) is 2.33. The SMILES string of the molecule is CCCCCOc1cc(C(F)(F)F)nc(NC)n1. The lowest BCUT2D eigenvalue weighted by molar-refractivity contribution is -0.141. The third-order valence-electron chi connectivity index (χ3n) is 2.21. The van der Waals surface area contributed by atoms with Crippen LogP contribution in [0.25, 0.3) is 0 Å². The molecule has 0 bridgehead atoms. The Morgan fingerprint density at radius 2 is 2.00 bits per heavy atom. The van der Waals surface area contributed by atoms with Crippen molar-refractivity contribution in [3.05, 3.63) is 11.8 Å². The van der Waals surface area contributed by atoms with E-state index in [1.165, 1.54) is 7.05 Å². The number of halogens is 3. The van der Waals surface area contributed by atoms with Crippen molar-refractivity contribution in [1.82, 2.24) is 9.97 Å². The van der Waals surface area contributed by atoms with E-state index in [0.29, 0.717) is 6.61 Å². The zero-order valence-electron chi connectivity index (χ0n) is 10.3. The van der Waals surface area contributed by atoms with Gasteiger partial charge in [0.25, 0.3) is 0 Å². The molecule has 4 nitrogen and oxygen atoms in total. The van der Waals surface area contributed by atoms with Gasteiger partial charge in [0, 0.05) is 13.1 Å². The molecule has 0 amide bonds. The third-order valence-corrected chi connectivity index (χ3v) is 2.21. The van der Waals surface area contributed by atoms with Crippen LogP contribution >= 0.6 is 0 Å². The fourth-order valence-corrected chi connectivity index (χ4v) is 1.28. The van der Waals surface area contributed by atoms with Gasteiger partial charge >= 0.3 is 6.18 Å². The molecule has 1 heterocycles. The van der Waals surface area contributed by atoms with E-state index >= 15 is 0 Å². The van der Waals surface area contributed by atoms with Crippen LogP contribution in [-0.2, 0) is 6.18 Å². The van der Waals surface area contributed by atoms with Crippen LogP contribution in [0.2, 0.25) is 0 Å². The van der Waals surface area contributed by atoms with Crippen molar-refractivity contribution < 1.29 is 17.9 Å². The number of aromatic nitrogens is 2. The minimum Gasteiger partial charge on any atom is -0.478 e. The predicted molar refractivity (Wildman–Crippen MR) is 61.6 cm³/mol. The number of hydrogen-bond donors (Lipinski definition) is 1. The van der Waals surface area contributed by atoms with Gasteiger partial charge in [-0.1, -0.05) is 19.8 Å². The second kappa shape index (κ2) is 6.42. The fraction of sp³-hybridized carbons (Fsp3) is 0.636. The standard InChI is InChI=1S/C11H16F3N3O/c1-3-4-5-6-18-9-7-8(11(12,13)14)16-10(15-2)17-9/h7H,3-6H2,1-2H3,(H,15,16,17).